The highest BCUT2D eigenvalue weighted by Gasteiger charge is 2.75. The van der Waals surface area contributed by atoms with Gasteiger partial charge in [0.2, 0.25) is 11.8 Å². The van der Waals surface area contributed by atoms with Crippen LogP contribution in [-0.4, -0.2) is 89.1 Å². The van der Waals surface area contributed by atoms with E-state index in [0.717, 1.165) is 5.56 Å². The molecule has 0 aliphatic carbocycles. The molecule has 3 fully saturated rings. The number of halogens is 1. The summed E-state index contributed by atoms with van der Waals surface area (Å²) < 4.78 is 13.0. The van der Waals surface area contributed by atoms with Crippen LogP contribution in [0, 0.1) is 11.8 Å². The largest absolute Gasteiger partial charge is 0.455 e. The van der Waals surface area contributed by atoms with Gasteiger partial charge < -0.3 is 29.3 Å². The summed E-state index contributed by atoms with van der Waals surface area (Å²) >= 11 is 6.16. The molecule has 1 N–H and O–H groups in total. The normalized spacial score (nSPS) is 24.7. The molecule has 3 amide bonds. The van der Waals surface area contributed by atoms with Crippen molar-refractivity contribution in [3.8, 4) is 0 Å². The first kappa shape index (κ1) is 37.3. The molecule has 0 saturated carbocycles. The Labute approximate surface area is 299 Å². The number of aliphatic hydroxyl groups excluding tert-OH is 1. The monoisotopic (exact) mass is 705 g/mol. The highest BCUT2D eigenvalue weighted by Crippen LogP contribution is 2.59. The molecule has 0 unspecified atom stereocenters. The molecule has 5 rings (SSSR count). The Balaban J connectivity index is 1.48. The van der Waals surface area contributed by atoms with Crippen molar-refractivity contribution in [3.05, 3.63) is 90.5 Å². The summed E-state index contributed by atoms with van der Waals surface area (Å²) in [6, 6.07) is 14.7. The number of hydrogen-bond acceptors (Lipinski definition) is 7. The first-order chi connectivity index (χ1) is 24.1. The summed E-state index contributed by atoms with van der Waals surface area (Å²) in [6.07, 6.45) is 5.42. The van der Waals surface area contributed by atoms with Crippen LogP contribution in [0.3, 0.4) is 0 Å². The number of fused-ring (bicyclic) bond motifs is 1. The Morgan fingerprint density at radius 2 is 1.82 bits per heavy atom. The molecule has 7 atom stereocenters. The lowest BCUT2D eigenvalue weighted by Gasteiger charge is -2.37. The number of amides is 3. The van der Waals surface area contributed by atoms with Crippen LogP contribution in [0.15, 0.2) is 79.9 Å². The van der Waals surface area contributed by atoms with E-state index in [1.807, 2.05) is 37.3 Å². The molecule has 2 aromatic rings. The number of ether oxygens (including phenoxy) is 2. The summed E-state index contributed by atoms with van der Waals surface area (Å²) in [7, 11) is 1.69. The Hall–Kier alpha value is -3.99. The van der Waals surface area contributed by atoms with Gasteiger partial charge in [0.15, 0.2) is 0 Å². The van der Waals surface area contributed by atoms with Gasteiger partial charge in [-0.15, -0.1) is 13.2 Å². The van der Waals surface area contributed by atoms with Gasteiger partial charge >= 0.3 is 5.97 Å². The average Bonchev–Trinajstić information content (AvgIpc) is 3.77. The standard InChI is InChI=1S/C39H48ClN3O7/c1-5-7-16-31(45)41(4)26(3)34(27-14-10-8-11-15-27)49-38(48)32-30-21-22-39(50-30)33(32)36(46)43(24-12-9-13-25-44)35(39)37(47)42(23-6-2)29-19-17-28(40)18-20-29/h5-6,8,10-11,14-15,17-20,26,30,32-35,44H,1-2,7,9,12-13,16,21-25H2,3-4H3/t26-,30-,32+,33+,34+,35-,39+/m0/s1. The Bertz CT molecular complexity index is 1550. The van der Waals surface area contributed by atoms with Crippen LogP contribution in [0.5, 0.6) is 0 Å². The Morgan fingerprint density at radius 3 is 2.48 bits per heavy atom. The zero-order chi connectivity index (χ0) is 36.0. The second-order valence-electron chi connectivity index (χ2n) is 13.4. The van der Waals surface area contributed by atoms with Crippen LogP contribution >= 0.6 is 11.6 Å². The lowest BCUT2D eigenvalue weighted by molar-refractivity contribution is -0.164. The number of anilines is 1. The Kier molecular flexibility index (Phi) is 12.2. The fraction of sp³-hybridized carbons (Fsp3) is 0.487. The summed E-state index contributed by atoms with van der Waals surface area (Å²) in [6.45, 7) is 9.90. The lowest BCUT2D eigenvalue weighted by Crippen LogP contribution is -2.56. The number of carbonyl (C=O) groups is 4. The van der Waals surface area contributed by atoms with Gasteiger partial charge in [-0.2, -0.15) is 0 Å². The fourth-order valence-corrected chi connectivity index (χ4v) is 7.98. The quantitative estimate of drug-likeness (QED) is 0.131. The minimum Gasteiger partial charge on any atom is -0.455 e. The zero-order valence-corrected chi connectivity index (χ0v) is 29.7. The molecule has 0 aromatic heterocycles. The minimum atomic E-state index is -1.23. The topological polar surface area (TPSA) is 117 Å². The molecule has 3 aliphatic rings. The maximum Gasteiger partial charge on any atom is 0.313 e. The number of likely N-dealkylation sites (N-methyl/N-ethyl adjacent to an activating group) is 1. The fourth-order valence-electron chi connectivity index (χ4n) is 7.86. The summed E-state index contributed by atoms with van der Waals surface area (Å²) in [5.74, 6) is -3.18. The number of allylic oxidation sites excluding steroid dienone is 1. The molecule has 11 heteroatoms. The van der Waals surface area contributed by atoms with Gasteiger partial charge in [-0.3, -0.25) is 19.2 Å². The average molecular weight is 706 g/mol. The predicted octanol–water partition coefficient (Wildman–Crippen LogP) is 5.49. The number of carbonyl (C=O) groups excluding carboxylic acids is 4. The van der Waals surface area contributed by atoms with Gasteiger partial charge in [0, 0.05) is 43.9 Å². The molecule has 268 valence electrons. The molecule has 3 saturated heterocycles. The first-order valence-corrected chi connectivity index (χ1v) is 17.9. The molecule has 2 bridgehead atoms. The van der Waals surface area contributed by atoms with E-state index < -0.39 is 47.7 Å². The van der Waals surface area contributed by atoms with Gasteiger partial charge in [-0.1, -0.05) is 54.1 Å². The second kappa shape index (κ2) is 16.4. The van der Waals surface area contributed by atoms with Crippen molar-refractivity contribution in [1.82, 2.24) is 9.80 Å². The van der Waals surface area contributed by atoms with Crippen LogP contribution in [0.25, 0.3) is 0 Å². The van der Waals surface area contributed by atoms with E-state index >= 15 is 0 Å². The summed E-state index contributed by atoms with van der Waals surface area (Å²) in [5.41, 5.74) is 0.0908. The van der Waals surface area contributed by atoms with Crippen molar-refractivity contribution in [1.29, 1.82) is 0 Å². The predicted molar refractivity (Wildman–Crippen MR) is 191 cm³/mol. The van der Waals surface area contributed by atoms with Crippen LogP contribution < -0.4 is 4.90 Å². The number of likely N-dealkylation sites (tertiary alicyclic amines) is 1. The van der Waals surface area contributed by atoms with E-state index in [0.29, 0.717) is 49.2 Å². The number of nitrogens with zero attached hydrogens (tertiary/aromatic N) is 3. The third kappa shape index (κ3) is 7.24. The molecule has 3 aliphatic heterocycles. The highest BCUT2D eigenvalue weighted by molar-refractivity contribution is 6.30. The van der Waals surface area contributed by atoms with Crippen molar-refractivity contribution < 1.29 is 33.8 Å². The number of hydrogen-bond donors (Lipinski definition) is 1. The minimum absolute atomic E-state index is 0.0291. The van der Waals surface area contributed by atoms with Gasteiger partial charge in [0.1, 0.15) is 17.7 Å². The van der Waals surface area contributed by atoms with Gasteiger partial charge in [0.25, 0.3) is 5.91 Å². The number of aliphatic hydroxyl groups is 1. The number of unbranched alkanes of at least 4 members (excludes halogenated alkanes) is 2. The molecule has 1 spiro atoms. The van der Waals surface area contributed by atoms with Crippen molar-refractivity contribution in [2.75, 3.05) is 31.6 Å². The van der Waals surface area contributed by atoms with Crippen LogP contribution in [0.2, 0.25) is 5.02 Å². The van der Waals surface area contributed by atoms with E-state index in [-0.39, 0.29) is 43.8 Å². The second-order valence-corrected chi connectivity index (χ2v) is 13.9. The van der Waals surface area contributed by atoms with E-state index in [9.17, 15) is 24.3 Å². The maximum absolute atomic E-state index is 14.7. The van der Waals surface area contributed by atoms with E-state index in [1.165, 1.54) is 0 Å². The summed E-state index contributed by atoms with van der Waals surface area (Å²) in [4.78, 5) is 61.4. The van der Waals surface area contributed by atoms with E-state index in [1.54, 1.807) is 58.2 Å². The maximum atomic E-state index is 14.7. The molecule has 3 heterocycles. The lowest BCUT2D eigenvalue weighted by atomic mass is 9.70. The van der Waals surface area contributed by atoms with E-state index in [2.05, 4.69) is 13.2 Å². The molecule has 10 nitrogen and oxygen atoms in total. The van der Waals surface area contributed by atoms with Gasteiger partial charge in [0.05, 0.1) is 24.0 Å². The SMILES string of the molecule is C=CCCC(=O)N(C)[C@@H](C)[C@@H](OC(=O)[C@@H]1[C@@H]2CC[C@]3(O2)[C@H](C(=O)N(CC=C)c2ccc(Cl)cc2)N(CCCCCO)C(=O)[C@@H]13)c1ccccc1. The molecular weight excluding hydrogens is 658 g/mol. The molecule has 50 heavy (non-hydrogen) atoms. The summed E-state index contributed by atoms with van der Waals surface area (Å²) in [5, 5.41) is 9.90. The molecule has 2 aromatic carbocycles. The zero-order valence-electron chi connectivity index (χ0n) is 28.9. The van der Waals surface area contributed by atoms with Crippen LogP contribution in [0.4, 0.5) is 5.69 Å². The number of benzene rings is 2. The first-order valence-electron chi connectivity index (χ1n) is 17.5. The van der Waals surface area contributed by atoms with Crippen molar-refractivity contribution in [3.63, 3.8) is 0 Å². The highest BCUT2D eigenvalue weighted by atomic mass is 35.5. The Morgan fingerprint density at radius 1 is 1.10 bits per heavy atom. The smallest absolute Gasteiger partial charge is 0.313 e. The van der Waals surface area contributed by atoms with Crippen molar-refractivity contribution in [2.24, 2.45) is 11.8 Å². The van der Waals surface area contributed by atoms with Crippen molar-refractivity contribution >= 4 is 41.0 Å². The van der Waals surface area contributed by atoms with Gasteiger partial charge in [-0.25, -0.2) is 0 Å². The number of rotatable bonds is 17. The van der Waals surface area contributed by atoms with E-state index in [4.69, 9.17) is 21.1 Å². The molecule has 0 radical (unpaired) electrons. The third-order valence-corrected chi connectivity index (χ3v) is 10.7. The van der Waals surface area contributed by atoms with Crippen molar-refractivity contribution in [2.45, 2.75) is 81.8 Å². The molecular formula is C39H48ClN3O7. The number of esters is 1. The van der Waals surface area contributed by atoms with Crippen LogP contribution in [0.1, 0.15) is 63.5 Å². The van der Waals surface area contributed by atoms with Gasteiger partial charge in [-0.05, 0) is 75.3 Å². The van der Waals surface area contributed by atoms with Crippen LogP contribution in [-0.2, 0) is 28.7 Å². The third-order valence-electron chi connectivity index (χ3n) is 10.5.